The van der Waals surface area contributed by atoms with Gasteiger partial charge >= 0.3 is 0 Å². The van der Waals surface area contributed by atoms with E-state index in [1.165, 1.54) is 38.0 Å². The van der Waals surface area contributed by atoms with Gasteiger partial charge in [-0.2, -0.15) is 0 Å². The molecule has 2 saturated heterocycles. The molecule has 0 radical (unpaired) electrons. The first-order chi connectivity index (χ1) is 9.13. The first-order valence-corrected chi connectivity index (χ1v) is 7.38. The van der Waals surface area contributed by atoms with Gasteiger partial charge in [-0.1, -0.05) is 12.1 Å². The molecule has 1 aromatic carbocycles. The Balaban J connectivity index is 1.68. The van der Waals surface area contributed by atoms with Crippen molar-refractivity contribution >= 4 is 0 Å². The molecule has 2 aliphatic heterocycles. The second-order valence-corrected chi connectivity index (χ2v) is 6.21. The number of hydrogen-bond donors (Lipinski definition) is 2. The van der Waals surface area contributed by atoms with E-state index in [0.29, 0.717) is 5.75 Å². The number of aromatic hydroxyl groups is 1. The molecule has 2 unspecified atom stereocenters. The summed E-state index contributed by atoms with van der Waals surface area (Å²) in [4.78, 5) is 2.57. The lowest BCUT2D eigenvalue weighted by Crippen LogP contribution is -2.43. The van der Waals surface area contributed by atoms with Crippen molar-refractivity contribution < 1.29 is 5.11 Å². The predicted octanol–water partition coefficient (Wildman–Crippen LogP) is 2.19. The highest BCUT2D eigenvalue weighted by atomic mass is 16.3. The van der Waals surface area contributed by atoms with Crippen LogP contribution in [0.5, 0.6) is 5.75 Å². The largest absolute Gasteiger partial charge is 0.507 e. The van der Waals surface area contributed by atoms with Gasteiger partial charge in [-0.3, -0.25) is 4.90 Å². The number of aryl methyl sites for hydroxylation is 2. The Labute approximate surface area is 115 Å². The van der Waals surface area contributed by atoms with Gasteiger partial charge in [-0.25, -0.2) is 0 Å². The summed E-state index contributed by atoms with van der Waals surface area (Å²) in [6.07, 6.45) is 2.61. The van der Waals surface area contributed by atoms with Crippen molar-refractivity contribution in [1.29, 1.82) is 0 Å². The van der Waals surface area contributed by atoms with Crippen LogP contribution in [-0.4, -0.2) is 35.7 Å². The summed E-state index contributed by atoms with van der Waals surface area (Å²) in [5, 5.41) is 13.4. The number of fused-ring (bicyclic) bond motifs is 1. The second kappa shape index (κ2) is 5.14. The molecule has 0 bridgehead atoms. The smallest absolute Gasteiger partial charge is 0.121 e. The molecule has 19 heavy (non-hydrogen) atoms. The van der Waals surface area contributed by atoms with E-state index in [0.717, 1.165) is 29.6 Å². The maximum Gasteiger partial charge on any atom is 0.121 e. The molecule has 2 N–H and O–H groups in total. The molecule has 2 atom stereocenters. The van der Waals surface area contributed by atoms with Crippen LogP contribution in [0.15, 0.2) is 12.1 Å². The van der Waals surface area contributed by atoms with E-state index in [2.05, 4.69) is 22.3 Å². The van der Waals surface area contributed by atoms with Crippen molar-refractivity contribution in [2.24, 2.45) is 5.92 Å². The Hall–Kier alpha value is -1.06. The SMILES string of the molecule is Cc1cc(CN2CCC3NCCC3C2)cc(C)c1O. The van der Waals surface area contributed by atoms with E-state index in [-0.39, 0.29) is 0 Å². The van der Waals surface area contributed by atoms with Gasteiger partial charge in [0.2, 0.25) is 0 Å². The van der Waals surface area contributed by atoms with Crippen LogP contribution in [0, 0.1) is 19.8 Å². The van der Waals surface area contributed by atoms with Crippen LogP contribution in [0.2, 0.25) is 0 Å². The van der Waals surface area contributed by atoms with E-state index in [1.807, 2.05) is 13.8 Å². The zero-order valence-corrected chi connectivity index (χ0v) is 11.9. The summed E-state index contributed by atoms with van der Waals surface area (Å²) in [6, 6.07) is 5.02. The lowest BCUT2D eigenvalue weighted by atomic mass is 9.93. The van der Waals surface area contributed by atoms with E-state index < -0.39 is 0 Å². The summed E-state index contributed by atoms with van der Waals surface area (Å²) in [5.41, 5.74) is 3.32. The lowest BCUT2D eigenvalue weighted by molar-refractivity contribution is 0.156. The number of benzene rings is 1. The van der Waals surface area contributed by atoms with Crippen LogP contribution in [0.25, 0.3) is 0 Å². The molecule has 3 rings (SSSR count). The summed E-state index contributed by atoms with van der Waals surface area (Å²) < 4.78 is 0. The molecule has 2 fully saturated rings. The highest BCUT2D eigenvalue weighted by molar-refractivity contribution is 5.42. The Morgan fingerprint density at radius 1 is 1.26 bits per heavy atom. The van der Waals surface area contributed by atoms with Crippen LogP contribution < -0.4 is 5.32 Å². The maximum atomic E-state index is 9.84. The molecule has 0 aliphatic carbocycles. The van der Waals surface area contributed by atoms with Crippen LogP contribution in [0.1, 0.15) is 29.5 Å². The van der Waals surface area contributed by atoms with Gasteiger partial charge in [0.1, 0.15) is 5.75 Å². The summed E-state index contributed by atoms with van der Waals surface area (Å²) in [6.45, 7) is 8.59. The third-order valence-electron chi connectivity index (χ3n) is 4.70. The van der Waals surface area contributed by atoms with Gasteiger partial charge in [0, 0.05) is 19.1 Å². The topological polar surface area (TPSA) is 35.5 Å². The highest BCUT2D eigenvalue weighted by Crippen LogP contribution is 2.27. The molecule has 2 heterocycles. The molecule has 0 spiro atoms. The minimum Gasteiger partial charge on any atom is -0.507 e. The molecule has 104 valence electrons. The van der Waals surface area contributed by atoms with Crippen molar-refractivity contribution in [1.82, 2.24) is 10.2 Å². The van der Waals surface area contributed by atoms with E-state index >= 15 is 0 Å². The number of phenolic OH excluding ortho intramolecular Hbond substituents is 1. The zero-order valence-electron chi connectivity index (χ0n) is 11.9. The second-order valence-electron chi connectivity index (χ2n) is 6.21. The van der Waals surface area contributed by atoms with E-state index in [9.17, 15) is 5.11 Å². The van der Waals surface area contributed by atoms with Crippen molar-refractivity contribution in [2.45, 2.75) is 39.3 Å². The molecule has 0 saturated carbocycles. The van der Waals surface area contributed by atoms with Crippen molar-refractivity contribution in [3.63, 3.8) is 0 Å². The molecular formula is C16H24N2O. The molecular weight excluding hydrogens is 236 g/mol. The Morgan fingerprint density at radius 2 is 2.00 bits per heavy atom. The minimum absolute atomic E-state index is 0.447. The Kier molecular flexibility index (Phi) is 3.50. The lowest BCUT2D eigenvalue weighted by Gasteiger charge is -2.35. The van der Waals surface area contributed by atoms with Gasteiger partial charge in [0.15, 0.2) is 0 Å². The first-order valence-electron chi connectivity index (χ1n) is 7.38. The third-order valence-corrected chi connectivity index (χ3v) is 4.70. The molecule has 2 aliphatic rings. The first kappa shape index (κ1) is 12.9. The minimum atomic E-state index is 0.447. The molecule has 0 aromatic heterocycles. The van der Waals surface area contributed by atoms with Crippen molar-refractivity contribution in [2.75, 3.05) is 19.6 Å². The number of rotatable bonds is 2. The zero-order chi connectivity index (χ0) is 13.4. The standard InChI is InChI=1S/C16H24N2O/c1-11-7-13(8-12(2)16(11)19)9-18-6-4-15-14(10-18)3-5-17-15/h7-8,14-15,17,19H,3-6,9-10H2,1-2H3. The Morgan fingerprint density at radius 3 is 2.74 bits per heavy atom. The fourth-order valence-electron chi connectivity index (χ4n) is 3.66. The van der Waals surface area contributed by atoms with Crippen molar-refractivity contribution in [3.05, 3.63) is 28.8 Å². The molecule has 3 nitrogen and oxygen atoms in total. The fraction of sp³-hybridized carbons (Fsp3) is 0.625. The van der Waals surface area contributed by atoms with Crippen LogP contribution >= 0.6 is 0 Å². The van der Waals surface area contributed by atoms with E-state index in [4.69, 9.17) is 0 Å². The summed E-state index contributed by atoms with van der Waals surface area (Å²) in [5.74, 6) is 1.29. The molecule has 0 amide bonds. The van der Waals surface area contributed by atoms with Crippen LogP contribution in [0.3, 0.4) is 0 Å². The normalized spacial score (nSPS) is 27.5. The number of hydrogen-bond acceptors (Lipinski definition) is 3. The summed E-state index contributed by atoms with van der Waals surface area (Å²) in [7, 11) is 0. The number of phenols is 1. The number of nitrogens with zero attached hydrogens (tertiary/aromatic N) is 1. The average molecular weight is 260 g/mol. The van der Waals surface area contributed by atoms with E-state index in [1.54, 1.807) is 0 Å². The van der Waals surface area contributed by atoms with Gasteiger partial charge in [0.25, 0.3) is 0 Å². The monoisotopic (exact) mass is 260 g/mol. The fourth-order valence-corrected chi connectivity index (χ4v) is 3.66. The van der Waals surface area contributed by atoms with Gasteiger partial charge in [-0.15, -0.1) is 0 Å². The van der Waals surface area contributed by atoms with Gasteiger partial charge in [0.05, 0.1) is 0 Å². The van der Waals surface area contributed by atoms with Gasteiger partial charge in [-0.05, 0) is 62.4 Å². The summed E-state index contributed by atoms with van der Waals surface area (Å²) >= 11 is 0. The van der Waals surface area contributed by atoms with Gasteiger partial charge < -0.3 is 10.4 Å². The van der Waals surface area contributed by atoms with Crippen molar-refractivity contribution in [3.8, 4) is 5.75 Å². The maximum absolute atomic E-state index is 9.84. The Bertz CT molecular complexity index is 449. The molecule has 1 aromatic rings. The number of nitrogens with one attached hydrogen (secondary N) is 1. The predicted molar refractivity (Wildman–Crippen MR) is 77.4 cm³/mol. The quantitative estimate of drug-likeness (QED) is 0.855. The van der Waals surface area contributed by atoms with Crippen LogP contribution in [-0.2, 0) is 6.54 Å². The molecule has 3 heteroatoms. The highest BCUT2D eigenvalue weighted by Gasteiger charge is 2.32. The number of likely N-dealkylation sites (tertiary alicyclic amines) is 1. The average Bonchev–Trinajstić information content (AvgIpc) is 2.83. The number of piperidine rings is 1. The van der Waals surface area contributed by atoms with Crippen LogP contribution in [0.4, 0.5) is 0 Å². The third kappa shape index (κ3) is 2.63.